The number of hydrogen-bond donors (Lipinski definition) is 0. The molecule has 152 valence electrons. The van der Waals surface area contributed by atoms with Crippen LogP contribution < -0.4 is 0 Å². The first kappa shape index (κ1) is 24.7. The van der Waals surface area contributed by atoms with Crippen molar-refractivity contribution in [3.05, 3.63) is 55.9 Å². The molecule has 0 aromatic carbocycles. The molecule has 0 saturated carbocycles. The minimum atomic E-state index is -0.366. The number of aldehydes is 1. The van der Waals surface area contributed by atoms with Gasteiger partial charge in [-0.25, -0.2) is 0 Å². The minimum Gasteiger partial charge on any atom is -0.303 e. The molecule has 0 N–H and O–H groups in total. The number of nitro groups is 2. The van der Waals surface area contributed by atoms with Gasteiger partial charge < -0.3 is 4.79 Å². The third kappa shape index (κ3) is 14.5. The molecule has 0 saturated heterocycles. The summed E-state index contributed by atoms with van der Waals surface area (Å²) in [6.45, 7) is 2.08. The molecule has 0 aromatic heterocycles. The van der Waals surface area contributed by atoms with E-state index in [1.165, 1.54) is 0 Å². The highest BCUT2D eigenvalue weighted by molar-refractivity contribution is 5.48. The molecule has 7 heteroatoms. The molecule has 0 unspecified atom stereocenters. The van der Waals surface area contributed by atoms with Crippen molar-refractivity contribution in [2.24, 2.45) is 0 Å². The van der Waals surface area contributed by atoms with Gasteiger partial charge in [0.25, 0.3) is 0 Å². The molecule has 0 atom stereocenters. The van der Waals surface area contributed by atoms with Crippen LogP contribution in [0, 0.1) is 20.2 Å². The molecule has 0 radical (unpaired) electrons. The molecule has 0 amide bonds. The lowest BCUT2D eigenvalue weighted by Gasteiger charge is -1.99. The van der Waals surface area contributed by atoms with Crippen LogP contribution in [-0.2, 0) is 4.79 Å². The minimum absolute atomic E-state index is 0.177. The van der Waals surface area contributed by atoms with E-state index < -0.39 is 0 Å². The molecule has 7 nitrogen and oxygen atoms in total. The van der Waals surface area contributed by atoms with Gasteiger partial charge in [-0.1, -0.05) is 44.8 Å². The summed E-state index contributed by atoms with van der Waals surface area (Å²) in [5.41, 5.74) is 0.357. The van der Waals surface area contributed by atoms with Gasteiger partial charge in [-0.2, -0.15) is 0 Å². The van der Waals surface area contributed by atoms with Crippen molar-refractivity contribution in [2.45, 2.75) is 84.0 Å². The number of carbonyl (C=O) groups is 1. The average molecular weight is 380 g/mol. The van der Waals surface area contributed by atoms with Crippen molar-refractivity contribution in [1.82, 2.24) is 0 Å². The van der Waals surface area contributed by atoms with Gasteiger partial charge in [-0.05, 0) is 44.3 Å². The van der Waals surface area contributed by atoms with E-state index in [1.54, 1.807) is 24.3 Å². The van der Waals surface area contributed by atoms with Crippen molar-refractivity contribution in [2.75, 3.05) is 0 Å². The van der Waals surface area contributed by atoms with E-state index >= 15 is 0 Å². The summed E-state index contributed by atoms with van der Waals surface area (Å²) in [5, 5.41) is 22.1. The van der Waals surface area contributed by atoms with Gasteiger partial charge in [0.05, 0.1) is 16.3 Å². The maximum Gasteiger partial charge on any atom is 0.246 e. The van der Waals surface area contributed by atoms with Gasteiger partial charge in [0.2, 0.25) is 11.4 Å². The second-order valence-electron chi connectivity index (χ2n) is 6.43. The Labute approximate surface area is 161 Å². The Bertz CT molecular complexity index is 538. The van der Waals surface area contributed by atoms with E-state index in [-0.39, 0.29) is 27.7 Å². The fourth-order valence-electron chi connectivity index (χ4n) is 2.56. The lowest BCUT2D eigenvalue weighted by Crippen LogP contribution is -1.99. The van der Waals surface area contributed by atoms with Crippen molar-refractivity contribution in [1.29, 1.82) is 0 Å². The molecule has 0 spiro atoms. The zero-order chi connectivity index (χ0) is 20.3. The SMILES string of the molecule is CCCCC/C=C(\C/C=C\C/C=C(\CCCCCCC=O)[N+](=O)[O-])[N+](=O)[O-]. The molecular formula is C20H32N2O5. The third-order valence-electron chi connectivity index (χ3n) is 4.14. The maximum atomic E-state index is 11.1. The van der Waals surface area contributed by atoms with Gasteiger partial charge in [0.1, 0.15) is 6.29 Å². The van der Waals surface area contributed by atoms with Crippen molar-refractivity contribution in [3.8, 4) is 0 Å². The predicted octanol–water partition coefficient (Wildman–Crippen LogP) is 5.76. The number of hydrogen-bond acceptors (Lipinski definition) is 5. The summed E-state index contributed by atoms with van der Waals surface area (Å²) < 4.78 is 0. The van der Waals surface area contributed by atoms with Crippen LogP contribution in [0.15, 0.2) is 35.7 Å². The van der Waals surface area contributed by atoms with E-state index in [0.717, 1.165) is 51.2 Å². The second kappa shape index (κ2) is 17.1. The third-order valence-corrected chi connectivity index (χ3v) is 4.14. The topological polar surface area (TPSA) is 103 Å². The van der Waals surface area contributed by atoms with Crippen LogP contribution in [0.5, 0.6) is 0 Å². The zero-order valence-corrected chi connectivity index (χ0v) is 16.3. The van der Waals surface area contributed by atoms with Gasteiger partial charge >= 0.3 is 0 Å². The standard InChI is InChI=1S/C20H32N2O5/c1-2-3-4-9-14-19(21(24)25)16-11-8-12-17-20(22(26)27)15-10-6-5-7-13-18-23/h8,11,14,17-18H,2-7,9-10,12-13,15-16H2,1H3/b11-8-,19-14+,20-17+. The normalized spacial score (nSPS) is 12.5. The summed E-state index contributed by atoms with van der Waals surface area (Å²) in [7, 11) is 0. The number of rotatable bonds is 17. The first-order valence-corrected chi connectivity index (χ1v) is 9.78. The summed E-state index contributed by atoms with van der Waals surface area (Å²) in [6.07, 6.45) is 16.2. The quantitative estimate of drug-likeness (QED) is 0.105. The summed E-state index contributed by atoms with van der Waals surface area (Å²) in [4.78, 5) is 31.6. The number of unbranched alkanes of at least 4 members (excludes halogenated alkanes) is 7. The lowest BCUT2D eigenvalue weighted by atomic mass is 10.1. The van der Waals surface area contributed by atoms with Crippen LogP contribution in [0.3, 0.4) is 0 Å². The van der Waals surface area contributed by atoms with Gasteiger partial charge in [-0.3, -0.25) is 20.2 Å². The number of carbonyl (C=O) groups excluding carboxylic acids is 1. The Morgan fingerprint density at radius 3 is 2.11 bits per heavy atom. The Morgan fingerprint density at radius 1 is 0.815 bits per heavy atom. The van der Waals surface area contributed by atoms with Crippen LogP contribution in [-0.4, -0.2) is 16.1 Å². The highest BCUT2D eigenvalue weighted by atomic mass is 16.6. The second-order valence-corrected chi connectivity index (χ2v) is 6.43. The van der Waals surface area contributed by atoms with Gasteiger partial charge in [0, 0.05) is 12.8 Å². The van der Waals surface area contributed by atoms with E-state index in [0.29, 0.717) is 25.7 Å². The molecular weight excluding hydrogens is 348 g/mol. The summed E-state index contributed by atoms with van der Waals surface area (Å²) in [6, 6.07) is 0. The highest BCUT2D eigenvalue weighted by Crippen LogP contribution is 2.13. The smallest absolute Gasteiger partial charge is 0.246 e. The maximum absolute atomic E-state index is 11.1. The molecule has 0 rings (SSSR count). The molecule has 0 heterocycles. The summed E-state index contributed by atoms with van der Waals surface area (Å²) >= 11 is 0. The lowest BCUT2D eigenvalue weighted by molar-refractivity contribution is -0.428. The van der Waals surface area contributed by atoms with E-state index in [1.807, 2.05) is 0 Å². The first-order chi connectivity index (χ1) is 13.0. The van der Waals surface area contributed by atoms with E-state index in [4.69, 9.17) is 0 Å². The Kier molecular flexibility index (Phi) is 15.7. The van der Waals surface area contributed by atoms with Crippen molar-refractivity contribution in [3.63, 3.8) is 0 Å². The van der Waals surface area contributed by atoms with Crippen LogP contribution >= 0.6 is 0 Å². The fourth-order valence-corrected chi connectivity index (χ4v) is 2.56. The van der Waals surface area contributed by atoms with Crippen LogP contribution in [0.1, 0.15) is 84.0 Å². The van der Waals surface area contributed by atoms with Gasteiger partial charge in [0.15, 0.2) is 0 Å². The largest absolute Gasteiger partial charge is 0.303 e. The van der Waals surface area contributed by atoms with Crippen molar-refractivity contribution >= 4 is 6.29 Å². The molecule has 0 aliphatic carbocycles. The number of nitrogens with zero attached hydrogens (tertiary/aromatic N) is 2. The Balaban J connectivity index is 4.34. The summed E-state index contributed by atoms with van der Waals surface area (Å²) in [5.74, 6) is 0. The predicted molar refractivity (Wildman–Crippen MR) is 106 cm³/mol. The molecule has 0 aliphatic rings. The fraction of sp³-hybridized carbons (Fsp3) is 0.650. The van der Waals surface area contributed by atoms with E-state index in [2.05, 4.69) is 6.92 Å². The van der Waals surface area contributed by atoms with Crippen molar-refractivity contribution < 1.29 is 14.6 Å². The highest BCUT2D eigenvalue weighted by Gasteiger charge is 2.09. The molecule has 0 bridgehead atoms. The molecule has 0 fully saturated rings. The molecule has 0 aromatic rings. The van der Waals surface area contributed by atoms with E-state index in [9.17, 15) is 25.0 Å². The Morgan fingerprint density at radius 2 is 1.48 bits per heavy atom. The molecule has 27 heavy (non-hydrogen) atoms. The number of allylic oxidation sites excluding steroid dienone is 5. The van der Waals surface area contributed by atoms with Crippen LogP contribution in [0.2, 0.25) is 0 Å². The molecule has 0 aliphatic heterocycles. The first-order valence-electron chi connectivity index (χ1n) is 9.78. The Hall–Kier alpha value is -2.31. The average Bonchev–Trinajstić information content (AvgIpc) is 2.63. The monoisotopic (exact) mass is 380 g/mol. The van der Waals surface area contributed by atoms with Gasteiger partial charge in [-0.15, -0.1) is 0 Å². The zero-order valence-electron chi connectivity index (χ0n) is 16.3. The van der Waals surface area contributed by atoms with Crippen LogP contribution in [0.4, 0.5) is 0 Å². The van der Waals surface area contributed by atoms with Crippen LogP contribution in [0.25, 0.3) is 0 Å².